The van der Waals surface area contributed by atoms with Crippen LogP contribution in [0.3, 0.4) is 0 Å². The average Bonchev–Trinajstić information content (AvgIpc) is 2.40. The SMILES string of the molecule is CC(=O)NCC1CCN(c2ncnc(N)c2Br)CC1. The number of hydrogen-bond donors (Lipinski definition) is 2. The number of nitrogens with two attached hydrogens (primary N) is 1. The Morgan fingerprint density at radius 3 is 2.84 bits per heavy atom. The third-order valence-corrected chi connectivity index (χ3v) is 4.11. The maximum Gasteiger partial charge on any atom is 0.216 e. The van der Waals surface area contributed by atoms with E-state index in [9.17, 15) is 4.79 Å². The zero-order valence-corrected chi connectivity index (χ0v) is 12.5. The maximum atomic E-state index is 10.9. The van der Waals surface area contributed by atoms with Crippen LogP contribution in [0.5, 0.6) is 0 Å². The molecule has 104 valence electrons. The first-order valence-corrected chi connectivity index (χ1v) is 7.12. The van der Waals surface area contributed by atoms with Gasteiger partial charge in [-0.25, -0.2) is 9.97 Å². The highest BCUT2D eigenvalue weighted by Gasteiger charge is 2.22. The fourth-order valence-electron chi connectivity index (χ4n) is 2.23. The Balaban J connectivity index is 1.92. The van der Waals surface area contributed by atoms with Crippen LogP contribution in [0.15, 0.2) is 10.8 Å². The molecule has 0 aliphatic carbocycles. The van der Waals surface area contributed by atoms with Crippen molar-refractivity contribution in [2.75, 3.05) is 30.3 Å². The summed E-state index contributed by atoms with van der Waals surface area (Å²) in [4.78, 5) is 21.3. The molecule has 1 aromatic rings. The first-order chi connectivity index (χ1) is 9.08. The molecule has 0 spiro atoms. The monoisotopic (exact) mass is 327 g/mol. The van der Waals surface area contributed by atoms with Crippen LogP contribution in [0, 0.1) is 5.92 Å². The van der Waals surface area contributed by atoms with Crippen molar-refractivity contribution in [1.82, 2.24) is 15.3 Å². The number of halogens is 1. The van der Waals surface area contributed by atoms with Gasteiger partial charge in [-0.3, -0.25) is 4.79 Å². The summed E-state index contributed by atoms with van der Waals surface area (Å²) >= 11 is 3.43. The Morgan fingerprint density at radius 2 is 2.21 bits per heavy atom. The zero-order valence-electron chi connectivity index (χ0n) is 10.9. The van der Waals surface area contributed by atoms with E-state index in [-0.39, 0.29) is 5.91 Å². The molecule has 2 heterocycles. The number of aromatic nitrogens is 2. The van der Waals surface area contributed by atoms with E-state index in [1.165, 1.54) is 6.33 Å². The number of piperidine rings is 1. The van der Waals surface area contributed by atoms with Gasteiger partial charge in [0.2, 0.25) is 5.91 Å². The van der Waals surface area contributed by atoms with E-state index in [1.807, 2.05) is 0 Å². The van der Waals surface area contributed by atoms with Crippen molar-refractivity contribution >= 4 is 33.5 Å². The van der Waals surface area contributed by atoms with Crippen LogP contribution in [-0.4, -0.2) is 35.5 Å². The second-order valence-electron chi connectivity index (χ2n) is 4.76. The highest BCUT2D eigenvalue weighted by Crippen LogP contribution is 2.30. The van der Waals surface area contributed by atoms with E-state index in [2.05, 4.69) is 36.1 Å². The first-order valence-electron chi connectivity index (χ1n) is 6.33. The molecule has 3 N–H and O–H groups in total. The number of nitrogen functional groups attached to an aromatic ring is 1. The van der Waals surface area contributed by atoms with Crippen LogP contribution in [0.2, 0.25) is 0 Å². The number of carbonyl (C=O) groups is 1. The van der Waals surface area contributed by atoms with Crippen molar-refractivity contribution in [3.8, 4) is 0 Å². The lowest BCUT2D eigenvalue weighted by Gasteiger charge is -2.33. The molecule has 1 saturated heterocycles. The third kappa shape index (κ3) is 3.56. The quantitative estimate of drug-likeness (QED) is 0.870. The molecule has 1 amide bonds. The molecule has 7 heteroatoms. The average molecular weight is 328 g/mol. The van der Waals surface area contributed by atoms with Gasteiger partial charge in [-0.15, -0.1) is 0 Å². The number of hydrogen-bond acceptors (Lipinski definition) is 5. The van der Waals surface area contributed by atoms with Crippen LogP contribution < -0.4 is 16.0 Å². The fraction of sp³-hybridized carbons (Fsp3) is 0.583. The molecule has 0 saturated carbocycles. The van der Waals surface area contributed by atoms with Crippen LogP contribution >= 0.6 is 15.9 Å². The summed E-state index contributed by atoms with van der Waals surface area (Å²) in [7, 11) is 0. The maximum absolute atomic E-state index is 10.9. The van der Waals surface area contributed by atoms with Crippen molar-refractivity contribution in [3.63, 3.8) is 0 Å². The molecule has 1 fully saturated rings. The summed E-state index contributed by atoms with van der Waals surface area (Å²) in [6, 6.07) is 0. The minimum atomic E-state index is 0.0359. The van der Waals surface area contributed by atoms with Gasteiger partial charge in [0.05, 0.1) is 0 Å². The number of carbonyl (C=O) groups excluding carboxylic acids is 1. The minimum absolute atomic E-state index is 0.0359. The minimum Gasteiger partial charge on any atom is -0.383 e. The molecule has 6 nitrogen and oxygen atoms in total. The summed E-state index contributed by atoms with van der Waals surface area (Å²) in [6.45, 7) is 4.14. The topological polar surface area (TPSA) is 84.1 Å². The van der Waals surface area contributed by atoms with E-state index >= 15 is 0 Å². The predicted molar refractivity (Wildman–Crippen MR) is 77.8 cm³/mol. The summed E-state index contributed by atoms with van der Waals surface area (Å²) < 4.78 is 0.760. The Bertz CT molecular complexity index is 459. The summed E-state index contributed by atoms with van der Waals surface area (Å²) in [5, 5.41) is 2.88. The molecule has 19 heavy (non-hydrogen) atoms. The molecule has 2 rings (SSSR count). The largest absolute Gasteiger partial charge is 0.383 e. The van der Waals surface area contributed by atoms with Crippen molar-refractivity contribution in [3.05, 3.63) is 10.8 Å². The number of nitrogens with one attached hydrogen (secondary N) is 1. The highest BCUT2D eigenvalue weighted by atomic mass is 79.9. The Kier molecular flexibility index (Phi) is 4.57. The van der Waals surface area contributed by atoms with Crippen LogP contribution in [0.1, 0.15) is 19.8 Å². The number of nitrogens with zero attached hydrogens (tertiary/aromatic N) is 3. The molecule has 0 atom stereocenters. The van der Waals surface area contributed by atoms with Crippen molar-refractivity contribution < 1.29 is 4.79 Å². The van der Waals surface area contributed by atoms with E-state index in [4.69, 9.17) is 5.73 Å². The lowest BCUT2D eigenvalue weighted by Crippen LogP contribution is -2.38. The van der Waals surface area contributed by atoms with Gasteiger partial charge in [-0.1, -0.05) is 0 Å². The van der Waals surface area contributed by atoms with Gasteiger partial charge in [0.25, 0.3) is 0 Å². The first kappa shape index (κ1) is 14.0. The van der Waals surface area contributed by atoms with Gasteiger partial charge in [-0.05, 0) is 34.7 Å². The van der Waals surface area contributed by atoms with Gasteiger partial charge in [-0.2, -0.15) is 0 Å². The number of amides is 1. The van der Waals surface area contributed by atoms with Gasteiger partial charge < -0.3 is 16.0 Å². The van der Waals surface area contributed by atoms with Crippen molar-refractivity contribution in [2.45, 2.75) is 19.8 Å². The summed E-state index contributed by atoms with van der Waals surface area (Å²) in [6.07, 6.45) is 3.56. The Hall–Kier alpha value is -1.37. The normalized spacial score (nSPS) is 16.4. The molecule has 0 unspecified atom stereocenters. The molecule has 0 aromatic carbocycles. The fourth-order valence-corrected chi connectivity index (χ4v) is 2.69. The molecule has 0 radical (unpaired) electrons. The zero-order chi connectivity index (χ0) is 13.8. The summed E-state index contributed by atoms with van der Waals surface area (Å²) in [5.41, 5.74) is 5.76. The molecular formula is C12H18BrN5O. The van der Waals surface area contributed by atoms with Crippen LogP contribution in [0.25, 0.3) is 0 Å². The van der Waals surface area contributed by atoms with Crippen molar-refractivity contribution in [1.29, 1.82) is 0 Å². The molecule has 1 aliphatic heterocycles. The highest BCUT2D eigenvalue weighted by molar-refractivity contribution is 9.10. The van der Waals surface area contributed by atoms with E-state index in [1.54, 1.807) is 6.92 Å². The van der Waals surface area contributed by atoms with Gasteiger partial charge in [0.15, 0.2) is 0 Å². The second kappa shape index (κ2) is 6.18. The molecule has 0 bridgehead atoms. The van der Waals surface area contributed by atoms with Crippen LogP contribution in [0.4, 0.5) is 11.6 Å². The standard InChI is InChI=1S/C12H18BrN5O/c1-8(19)15-6-9-2-4-18(5-3-9)12-10(13)11(14)16-7-17-12/h7,9H,2-6H2,1H3,(H,15,19)(H2,14,16,17). The van der Waals surface area contributed by atoms with E-state index in [0.717, 1.165) is 42.8 Å². The smallest absolute Gasteiger partial charge is 0.216 e. The van der Waals surface area contributed by atoms with Gasteiger partial charge in [0, 0.05) is 26.6 Å². The Labute approximate surface area is 120 Å². The van der Waals surface area contributed by atoms with Crippen molar-refractivity contribution in [2.24, 2.45) is 5.92 Å². The number of anilines is 2. The lowest BCUT2D eigenvalue weighted by atomic mass is 9.97. The predicted octanol–water partition coefficient (Wildman–Crippen LogP) is 1.17. The third-order valence-electron chi connectivity index (χ3n) is 3.35. The number of rotatable bonds is 3. The second-order valence-corrected chi connectivity index (χ2v) is 5.56. The van der Waals surface area contributed by atoms with Gasteiger partial charge in [0.1, 0.15) is 22.4 Å². The van der Waals surface area contributed by atoms with E-state index < -0.39 is 0 Å². The summed E-state index contributed by atoms with van der Waals surface area (Å²) in [5.74, 6) is 1.89. The molecular weight excluding hydrogens is 310 g/mol. The molecule has 1 aromatic heterocycles. The van der Waals surface area contributed by atoms with Crippen LogP contribution in [-0.2, 0) is 4.79 Å². The Morgan fingerprint density at radius 1 is 1.53 bits per heavy atom. The molecule has 1 aliphatic rings. The lowest BCUT2D eigenvalue weighted by molar-refractivity contribution is -0.119. The van der Waals surface area contributed by atoms with Gasteiger partial charge >= 0.3 is 0 Å². The van der Waals surface area contributed by atoms with E-state index in [0.29, 0.717) is 11.7 Å².